The summed E-state index contributed by atoms with van der Waals surface area (Å²) >= 11 is 0. The van der Waals surface area contributed by atoms with Crippen molar-refractivity contribution in [2.24, 2.45) is 0 Å². The van der Waals surface area contributed by atoms with Crippen molar-refractivity contribution in [2.75, 3.05) is 33.3 Å². The molecule has 2 atom stereocenters. The highest BCUT2D eigenvalue weighted by atomic mass is 19.1. The van der Waals surface area contributed by atoms with Crippen molar-refractivity contribution >= 4 is 22.8 Å². The molecule has 0 radical (unpaired) electrons. The van der Waals surface area contributed by atoms with Gasteiger partial charge in [-0.15, -0.1) is 0 Å². The summed E-state index contributed by atoms with van der Waals surface area (Å²) < 4.78 is 24.7. The van der Waals surface area contributed by atoms with Crippen LogP contribution in [0, 0.1) is 0 Å². The van der Waals surface area contributed by atoms with Crippen LogP contribution in [-0.4, -0.2) is 66.2 Å². The molecule has 0 spiro atoms. The van der Waals surface area contributed by atoms with Crippen LogP contribution < -0.4 is 4.74 Å². The topological polar surface area (TPSA) is 83.2 Å². The van der Waals surface area contributed by atoms with E-state index in [-0.39, 0.29) is 18.4 Å². The first-order chi connectivity index (χ1) is 15.9. The zero-order valence-electron chi connectivity index (χ0n) is 18.4. The van der Waals surface area contributed by atoms with E-state index in [1.807, 2.05) is 35.2 Å². The van der Waals surface area contributed by atoms with Gasteiger partial charge in [0.2, 0.25) is 5.91 Å². The smallest absolute Gasteiger partial charge is 0.341 e. The highest BCUT2D eigenvalue weighted by Crippen LogP contribution is 2.28. The lowest BCUT2D eigenvalue weighted by atomic mass is 10.0. The number of hydrogen-bond acceptors (Lipinski definition) is 5. The fourth-order valence-corrected chi connectivity index (χ4v) is 4.24. The number of likely N-dealkylation sites (tertiary alicyclic amines) is 1. The Bertz CT molecular complexity index is 1130. The number of carboxylic acid groups (broad SMARTS) is 1. The van der Waals surface area contributed by atoms with Crippen LogP contribution in [0.5, 0.6) is 5.75 Å². The molecule has 1 N–H and O–H groups in total. The number of para-hydroxylation sites is 1. The lowest BCUT2D eigenvalue weighted by Crippen LogP contribution is -2.39. The van der Waals surface area contributed by atoms with Gasteiger partial charge in [0, 0.05) is 37.6 Å². The monoisotopic (exact) mass is 454 g/mol. The van der Waals surface area contributed by atoms with E-state index >= 15 is 0 Å². The zero-order valence-corrected chi connectivity index (χ0v) is 18.4. The Kier molecular flexibility index (Phi) is 6.93. The number of hydrogen-bond donors (Lipinski definition) is 1. The molecule has 1 aliphatic rings. The number of amides is 1. The van der Waals surface area contributed by atoms with Crippen molar-refractivity contribution in [3.63, 3.8) is 0 Å². The number of halogens is 1. The van der Waals surface area contributed by atoms with Crippen LogP contribution in [0.3, 0.4) is 0 Å². The Balaban J connectivity index is 1.56. The summed E-state index contributed by atoms with van der Waals surface area (Å²) in [6, 6.07) is 14.3. The summed E-state index contributed by atoms with van der Waals surface area (Å²) in [5.41, 5.74) is 2.34. The van der Waals surface area contributed by atoms with Crippen molar-refractivity contribution in [1.82, 2.24) is 9.80 Å². The summed E-state index contributed by atoms with van der Waals surface area (Å²) in [5, 5.41) is 9.80. The van der Waals surface area contributed by atoms with Gasteiger partial charge in [-0.05, 0) is 30.2 Å². The van der Waals surface area contributed by atoms with E-state index in [0.717, 1.165) is 22.1 Å². The standard InChI is InChI=1S/C25H27FN2O5/c1-27(24(29)12-18-15-33-23-8-3-2-7-21(18)23)22(14-28-10-9-19(26)13-28)17-5-4-6-20(11-17)32-16-25(30)31/h2-8,11,15,19,22H,9-10,12-14,16H2,1H3,(H,30,31)/t19-,22+/m0/s1. The van der Waals surface area contributed by atoms with Crippen LogP contribution in [0.2, 0.25) is 0 Å². The Hall–Kier alpha value is -3.39. The fraction of sp³-hybridized carbons (Fsp3) is 0.360. The number of carbonyl (C=O) groups excluding carboxylic acids is 1. The molecule has 4 rings (SSSR count). The second kappa shape index (κ2) is 10.0. The van der Waals surface area contributed by atoms with Crippen molar-refractivity contribution in [3.8, 4) is 5.75 Å². The number of alkyl halides is 1. The van der Waals surface area contributed by atoms with E-state index < -0.39 is 18.7 Å². The maximum absolute atomic E-state index is 13.8. The normalized spacial score (nSPS) is 17.2. The summed E-state index contributed by atoms with van der Waals surface area (Å²) in [6.45, 7) is 0.977. The molecule has 1 fully saturated rings. The summed E-state index contributed by atoms with van der Waals surface area (Å²) in [6.07, 6.45) is 1.40. The van der Waals surface area contributed by atoms with Crippen LogP contribution in [-0.2, 0) is 16.0 Å². The van der Waals surface area contributed by atoms with E-state index in [4.69, 9.17) is 14.3 Å². The number of carbonyl (C=O) groups is 2. The Morgan fingerprint density at radius 1 is 1.27 bits per heavy atom. The van der Waals surface area contributed by atoms with E-state index in [0.29, 0.717) is 31.8 Å². The molecule has 1 aliphatic heterocycles. The highest BCUT2D eigenvalue weighted by molar-refractivity contribution is 5.87. The number of nitrogens with zero attached hydrogens (tertiary/aromatic N) is 2. The minimum absolute atomic E-state index is 0.0978. The minimum atomic E-state index is -1.07. The predicted molar refractivity (Wildman–Crippen MR) is 121 cm³/mol. The van der Waals surface area contributed by atoms with E-state index in [1.165, 1.54) is 0 Å². The average molecular weight is 454 g/mol. The molecule has 174 valence electrons. The summed E-state index contributed by atoms with van der Waals surface area (Å²) in [7, 11) is 1.74. The molecule has 2 aromatic carbocycles. The first kappa shape index (κ1) is 22.8. The molecule has 1 saturated heterocycles. The zero-order chi connectivity index (χ0) is 23.4. The average Bonchev–Trinajstić information content (AvgIpc) is 3.41. The molecule has 0 aliphatic carbocycles. The largest absolute Gasteiger partial charge is 0.482 e. The molecule has 0 bridgehead atoms. The van der Waals surface area contributed by atoms with Gasteiger partial charge in [0.05, 0.1) is 18.7 Å². The number of rotatable bonds is 9. The lowest BCUT2D eigenvalue weighted by molar-refractivity contribution is -0.139. The van der Waals surface area contributed by atoms with Gasteiger partial charge in [-0.25, -0.2) is 9.18 Å². The quantitative estimate of drug-likeness (QED) is 0.531. The third-order valence-electron chi connectivity index (χ3n) is 6.01. The molecule has 8 heteroatoms. The maximum atomic E-state index is 13.8. The number of ether oxygens (including phenoxy) is 1. The second-order valence-corrected chi connectivity index (χ2v) is 8.35. The number of likely N-dealkylation sites (N-methyl/N-ethyl adjacent to an activating group) is 1. The van der Waals surface area contributed by atoms with Gasteiger partial charge in [-0.1, -0.05) is 30.3 Å². The molecule has 0 saturated carbocycles. The van der Waals surface area contributed by atoms with Gasteiger partial charge in [0.25, 0.3) is 0 Å². The minimum Gasteiger partial charge on any atom is -0.482 e. The lowest BCUT2D eigenvalue weighted by Gasteiger charge is -2.32. The van der Waals surface area contributed by atoms with Crippen LogP contribution in [0.15, 0.2) is 59.2 Å². The van der Waals surface area contributed by atoms with Gasteiger partial charge < -0.3 is 19.2 Å². The van der Waals surface area contributed by atoms with Crippen molar-refractivity contribution < 1.29 is 28.2 Å². The number of aliphatic carboxylic acids is 1. The fourth-order valence-electron chi connectivity index (χ4n) is 4.24. The SMILES string of the molecule is CN(C(=O)Cc1coc2ccccc12)[C@H](CN1CC[C@H](F)C1)c1cccc(OCC(=O)O)c1. The van der Waals surface area contributed by atoms with Gasteiger partial charge in [-0.2, -0.15) is 0 Å². The third kappa shape index (κ3) is 5.51. The predicted octanol–water partition coefficient (Wildman–Crippen LogP) is 3.68. The molecule has 3 aromatic rings. The van der Waals surface area contributed by atoms with Gasteiger partial charge >= 0.3 is 5.97 Å². The first-order valence-electron chi connectivity index (χ1n) is 10.9. The Morgan fingerprint density at radius 3 is 2.85 bits per heavy atom. The maximum Gasteiger partial charge on any atom is 0.341 e. The highest BCUT2D eigenvalue weighted by Gasteiger charge is 2.29. The van der Waals surface area contributed by atoms with E-state index in [1.54, 1.807) is 36.4 Å². The number of carboxylic acids is 1. The van der Waals surface area contributed by atoms with Crippen LogP contribution in [0.1, 0.15) is 23.6 Å². The van der Waals surface area contributed by atoms with Crippen LogP contribution in [0.25, 0.3) is 11.0 Å². The van der Waals surface area contributed by atoms with Crippen molar-refractivity contribution in [1.29, 1.82) is 0 Å². The number of benzene rings is 2. The van der Waals surface area contributed by atoms with Gasteiger partial charge in [-0.3, -0.25) is 9.69 Å². The second-order valence-electron chi connectivity index (χ2n) is 8.35. The molecule has 33 heavy (non-hydrogen) atoms. The first-order valence-corrected chi connectivity index (χ1v) is 10.9. The molecule has 2 heterocycles. The van der Waals surface area contributed by atoms with Crippen LogP contribution in [0.4, 0.5) is 4.39 Å². The Labute approximate surface area is 191 Å². The molecule has 0 unspecified atom stereocenters. The van der Waals surface area contributed by atoms with Crippen molar-refractivity contribution in [2.45, 2.75) is 25.1 Å². The molecule has 1 aromatic heterocycles. The van der Waals surface area contributed by atoms with Crippen molar-refractivity contribution in [3.05, 3.63) is 65.9 Å². The van der Waals surface area contributed by atoms with Gasteiger partial charge in [0.1, 0.15) is 17.5 Å². The molecular formula is C25H27FN2O5. The Morgan fingerprint density at radius 2 is 2.09 bits per heavy atom. The molecule has 1 amide bonds. The number of fused-ring (bicyclic) bond motifs is 1. The number of furan rings is 1. The van der Waals surface area contributed by atoms with Gasteiger partial charge in [0.15, 0.2) is 6.61 Å². The van der Waals surface area contributed by atoms with E-state index in [9.17, 15) is 14.0 Å². The summed E-state index contributed by atoms with van der Waals surface area (Å²) in [5.74, 6) is -0.756. The van der Waals surface area contributed by atoms with Crippen LogP contribution >= 0.6 is 0 Å². The molecule has 7 nitrogen and oxygen atoms in total. The summed E-state index contributed by atoms with van der Waals surface area (Å²) in [4.78, 5) is 27.8. The third-order valence-corrected chi connectivity index (χ3v) is 6.01. The molecular weight excluding hydrogens is 427 g/mol. The van der Waals surface area contributed by atoms with E-state index in [2.05, 4.69) is 0 Å².